The van der Waals surface area contributed by atoms with Crippen molar-refractivity contribution in [2.75, 3.05) is 66.3 Å². The molecule has 0 aromatic heterocycles. The Morgan fingerprint density at radius 1 is 0.648 bits per heavy atom. The van der Waals surface area contributed by atoms with Gasteiger partial charge in [0.1, 0.15) is 19.3 Å². The van der Waals surface area contributed by atoms with Gasteiger partial charge in [-0.15, -0.1) is 0 Å². The molecule has 0 N–H and O–H groups in total. The number of esters is 3. The summed E-state index contributed by atoms with van der Waals surface area (Å²) in [6, 6.07) is 20.2. The minimum atomic E-state index is -0.829. The third-order valence-electron chi connectivity index (χ3n) is 8.34. The van der Waals surface area contributed by atoms with E-state index < -0.39 is 49.6 Å². The van der Waals surface area contributed by atoms with E-state index in [2.05, 4.69) is 0 Å². The monoisotopic (exact) mass is 751 g/mol. The number of para-hydroxylation sites is 4. The number of benzene rings is 3. The fraction of sp³-hybridized carbons (Fsp3) is 0.436. The van der Waals surface area contributed by atoms with Crippen molar-refractivity contribution in [3.8, 4) is 23.0 Å². The predicted molar refractivity (Wildman–Crippen MR) is 190 cm³/mol. The van der Waals surface area contributed by atoms with Gasteiger partial charge in [0, 0.05) is 13.2 Å². The smallest absolute Gasteiger partial charge is 0.412 e. The Labute approximate surface area is 313 Å². The van der Waals surface area contributed by atoms with E-state index in [1.54, 1.807) is 18.2 Å². The Hall–Kier alpha value is -5.54. The van der Waals surface area contributed by atoms with Gasteiger partial charge in [0.15, 0.2) is 23.0 Å². The van der Waals surface area contributed by atoms with Crippen molar-refractivity contribution in [3.05, 3.63) is 83.9 Å². The van der Waals surface area contributed by atoms with Crippen LogP contribution in [0.2, 0.25) is 0 Å². The van der Waals surface area contributed by atoms with Crippen molar-refractivity contribution in [1.29, 1.82) is 0 Å². The van der Waals surface area contributed by atoms with Crippen LogP contribution in [-0.4, -0.2) is 107 Å². The van der Waals surface area contributed by atoms with Crippen LogP contribution in [-0.2, 0) is 33.2 Å². The molecule has 3 unspecified atom stereocenters. The summed E-state index contributed by atoms with van der Waals surface area (Å²) in [6.07, 6.45) is -0.623. The van der Waals surface area contributed by atoms with Crippen LogP contribution < -0.4 is 18.9 Å². The minimum absolute atomic E-state index is 0.0211. The lowest BCUT2D eigenvalue weighted by molar-refractivity contribution is -0.162. The fourth-order valence-electron chi connectivity index (χ4n) is 5.67. The van der Waals surface area contributed by atoms with Crippen LogP contribution in [0.3, 0.4) is 0 Å². The maximum Gasteiger partial charge on any atom is 0.412 e. The highest BCUT2D eigenvalue weighted by Crippen LogP contribution is 2.29. The first-order valence-corrected chi connectivity index (χ1v) is 17.8. The number of rotatable bonds is 17. The van der Waals surface area contributed by atoms with Gasteiger partial charge in [0.25, 0.3) is 0 Å². The molecular weight excluding hydrogens is 706 g/mol. The van der Waals surface area contributed by atoms with Gasteiger partial charge in [-0.25, -0.2) is 14.4 Å². The van der Waals surface area contributed by atoms with E-state index in [-0.39, 0.29) is 50.1 Å². The maximum absolute atomic E-state index is 12.8. The summed E-state index contributed by atoms with van der Waals surface area (Å²) in [7, 11) is 0. The number of nitrogens with zero attached hydrogens (tertiary/aromatic N) is 1. The quantitative estimate of drug-likeness (QED) is 0.133. The summed E-state index contributed by atoms with van der Waals surface area (Å²) in [5.41, 5.74) is 0.0475. The molecule has 2 aliphatic rings. The van der Waals surface area contributed by atoms with Crippen molar-refractivity contribution in [2.24, 2.45) is 5.92 Å². The lowest BCUT2D eigenvalue weighted by atomic mass is 9.96. The Balaban J connectivity index is 0.997. The van der Waals surface area contributed by atoms with Gasteiger partial charge < -0.3 is 52.3 Å². The predicted octanol–water partition coefficient (Wildman–Crippen LogP) is 5.05. The van der Waals surface area contributed by atoms with Crippen molar-refractivity contribution in [2.45, 2.75) is 38.9 Å². The van der Waals surface area contributed by atoms with Crippen molar-refractivity contribution < 1.29 is 66.5 Å². The number of hydrogen-bond donors (Lipinski definition) is 0. The van der Waals surface area contributed by atoms with Gasteiger partial charge in [-0.1, -0.05) is 30.3 Å². The Morgan fingerprint density at radius 2 is 1.19 bits per heavy atom. The average molecular weight is 752 g/mol. The Morgan fingerprint density at radius 3 is 1.78 bits per heavy atom. The molecule has 2 heterocycles. The molecule has 2 saturated heterocycles. The molecule has 2 fully saturated rings. The lowest BCUT2D eigenvalue weighted by Crippen LogP contribution is -2.48. The molecule has 54 heavy (non-hydrogen) atoms. The molecule has 15 heteroatoms. The third kappa shape index (κ3) is 11.7. The van der Waals surface area contributed by atoms with Crippen LogP contribution >= 0.6 is 0 Å². The summed E-state index contributed by atoms with van der Waals surface area (Å²) < 4.78 is 55.1. The van der Waals surface area contributed by atoms with Crippen LogP contribution in [0.5, 0.6) is 23.0 Å². The lowest BCUT2D eigenvalue weighted by Gasteiger charge is -2.32. The molecule has 290 valence electrons. The second-order valence-electron chi connectivity index (χ2n) is 12.1. The molecule has 0 radical (unpaired) electrons. The van der Waals surface area contributed by atoms with E-state index >= 15 is 0 Å². The fourth-order valence-corrected chi connectivity index (χ4v) is 5.67. The van der Waals surface area contributed by atoms with Crippen LogP contribution in [0.25, 0.3) is 0 Å². The van der Waals surface area contributed by atoms with Gasteiger partial charge in [-0.05, 0) is 69.2 Å². The van der Waals surface area contributed by atoms with E-state index in [0.29, 0.717) is 55.7 Å². The molecule has 0 saturated carbocycles. The number of morpholine rings is 1. The Kier molecular flexibility index (Phi) is 15.2. The van der Waals surface area contributed by atoms with Gasteiger partial charge in [0.05, 0.1) is 49.5 Å². The topological polar surface area (TPSA) is 164 Å². The van der Waals surface area contributed by atoms with Crippen molar-refractivity contribution >= 4 is 24.0 Å². The first-order valence-electron chi connectivity index (χ1n) is 17.8. The first-order chi connectivity index (χ1) is 26.3. The molecule has 5 rings (SSSR count). The zero-order chi connectivity index (χ0) is 38.1. The summed E-state index contributed by atoms with van der Waals surface area (Å²) in [6.45, 7) is 5.01. The van der Waals surface area contributed by atoms with E-state index in [1.807, 2.05) is 44.2 Å². The third-order valence-corrected chi connectivity index (χ3v) is 8.34. The normalized spacial score (nSPS) is 18.1. The van der Waals surface area contributed by atoms with E-state index in [9.17, 15) is 19.2 Å². The highest BCUT2D eigenvalue weighted by atomic mass is 16.7. The second-order valence-corrected chi connectivity index (χ2v) is 12.1. The van der Waals surface area contributed by atoms with Crippen LogP contribution in [0.4, 0.5) is 4.79 Å². The van der Waals surface area contributed by atoms with E-state index in [1.165, 1.54) is 29.2 Å². The van der Waals surface area contributed by atoms with Crippen LogP contribution in [0.1, 0.15) is 47.4 Å². The maximum atomic E-state index is 12.8. The van der Waals surface area contributed by atoms with E-state index in [4.69, 9.17) is 47.4 Å². The highest BCUT2D eigenvalue weighted by Gasteiger charge is 2.30. The number of carbonyl (C=O) groups excluding carboxylic acids is 4. The summed E-state index contributed by atoms with van der Waals surface area (Å²) >= 11 is 0. The van der Waals surface area contributed by atoms with Gasteiger partial charge in [0.2, 0.25) is 13.6 Å². The second kappa shape index (κ2) is 20.6. The summed E-state index contributed by atoms with van der Waals surface area (Å²) in [5, 5.41) is 0. The largest absolute Gasteiger partial charge is 0.490 e. The standard InChI is InChI=1S/C39H45NO14/c1-3-45-32-12-5-7-14-34(32)49-23-30-21-29(16-18-47-30)38(43)52-25-51-36(41)27-10-9-11-28(20-27)37(42)53-26-54-39(44)40-17-19-48-31(22-40)24-50-35-15-8-6-13-33(35)46-4-2/h5-15,20,29-31H,3-4,16-19,21-26H2,1-2H3. The first kappa shape index (κ1) is 39.7. The summed E-state index contributed by atoms with van der Waals surface area (Å²) in [4.78, 5) is 52.2. The minimum Gasteiger partial charge on any atom is -0.490 e. The molecule has 0 spiro atoms. The van der Waals surface area contributed by atoms with Crippen molar-refractivity contribution in [1.82, 2.24) is 4.90 Å². The van der Waals surface area contributed by atoms with Gasteiger partial charge in [-0.3, -0.25) is 4.79 Å². The molecule has 15 nitrogen and oxygen atoms in total. The van der Waals surface area contributed by atoms with Gasteiger partial charge >= 0.3 is 24.0 Å². The highest BCUT2D eigenvalue weighted by molar-refractivity contribution is 5.95. The van der Waals surface area contributed by atoms with Crippen LogP contribution in [0, 0.1) is 5.92 Å². The molecule has 3 aromatic rings. The van der Waals surface area contributed by atoms with Gasteiger partial charge in [-0.2, -0.15) is 0 Å². The molecule has 0 aliphatic carbocycles. The van der Waals surface area contributed by atoms with Crippen molar-refractivity contribution in [3.63, 3.8) is 0 Å². The van der Waals surface area contributed by atoms with E-state index in [0.717, 1.165) is 0 Å². The molecular formula is C39H45NO14. The SMILES string of the molecule is CCOc1ccccc1OCC1CC(C(=O)OCOC(=O)c2cccc(C(=O)OCOC(=O)N3CCOC(COc4ccccc4OCC)C3)c2)CCO1. The zero-order valence-electron chi connectivity index (χ0n) is 30.3. The number of hydrogen-bond acceptors (Lipinski definition) is 14. The molecule has 2 aliphatic heterocycles. The molecule has 3 aromatic carbocycles. The number of ether oxygens (including phenoxy) is 10. The number of carbonyl (C=O) groups is 4. The van der Waals surface area contributed by atoms with Crippen LogP contribution in [0.15, 0.2) is 72.8 Å². The number of amides is 1. The molecule has 0 bridgehead atoms. The molecule has 1 amide bonds. The zero-order valence-corrected chi connectivity index (χ0v) is 30.3. The molecule has 3 atom stereocenters. The average Bonchev–Trinajstić information content (AvgIpc) is 3.20. The Bertz CT molecular complexity index is 1580. The summed E-state index contributed by atoms with van der Waals surface area (Å²) in [5.74, 6) is -0.249.